The van der Waals surface area contributed by atoms with Crippen molar-refractivity contribution in [2.45, 2.75) is 110 Å². The molecule has 0 aromatic heterocycles. The van der Waals surface area contributed by atoms with Gasteiger partial charge in [0.2, 0.25) is 0 Å². The van der Waals surface area contributed by atoms with Crippen molar-refractivity contribution < 1.29 is 23.7 Å². The second kappa shape index (κ2) is 17.2. The number of unbranched alkanes of at least 4 members (excludes halogenated alkanes) is 3. The SMILES string of the molecule is CCCCO[C@@H]1[C@@H](OCCCC)[C@H](c2ccc(Cl)c(Cc3ccc(OCC)cc3)c2)O[C@H](C)[C@H]1OCCCC. The van der Waals surface area contributed by atoms with E-state index >= 15 is 0 Å². The van der Waals surface area contributed by atoms with E-state index in [0.29, 0.717) is 26.4 Å². The Morgan fingerprint density at radius 2 is 1.33 bits per heavy atom. The first kappa shape index (κ1) is 31.9. The Labute approximate surface area is 241 Å². The zero-order chi connectivity index (χ0) is 28.0. The minimum Gasteiger partial charge on any atom is -0.494 e. The largest absolute Gasteiger partial charge is 0.494 e. The Kier molecular flexibility index (Phi) is 14.1. The summed E-state index contributed by atoms with van der Waals surface area (Å²) in [7, 11) is 0. The maximum atomic E-state index is 6.70. The normalized spacial score (nSPS) is 23.2. The Morgan fingerprint density at radius 3 is 1.92 bits per heavy atom. The van der Waals surface area contributed by atoms with Gasteiger partial charge in [0.15, 0.2) is 0 Å². The zero-order valence-corrected chi connectivity index (χ0v) is 25.4. The minimum atomic E-state index is -0.272. The van der Waals surface area contributed by atoms with Gasteiger partial charge in [0, 0.05) is 24.8 Å². The smallest absolute Gasteiger partial charge is 0.119 e. The predicted octanol–water partition coefficient (Wildman–Crippen LogP) is 8.35. The molecule has 1 saturated heterocycles. The summed E-state index contributed by atoms with van der Waals surface area (Å²) in [5.41, 5.74) is 3.30. The van der Waals surface area contributed by atoms with E-state index in [0.717, 1.165) is 66.8 Å². The molecule has 0 aliphatic carbocycles. The number of hydrogen-bond donors (Lipinski definition) is 0. The van der Waals surface area contributed by atoms with Crippen LogP contribution in [0, 0.1) is 0 Å². The van der Waals surface area contributed by atoms with Gasteiger partial charge >= 0.3 is 0 Å². The van der Waals surface area contributed by atoms with Gasteiger partial charge in [-0.15, -0.1) is 0 Å². The molecule has 3 rings (SSSR count). The molecule has 1 fully saturated rings. The van der Waals surface area contributed by atoms with E-state index in [2.05, 4.69) is 52.0 Å². The van der Waals surface area contributed by atoms with E-state index in [1.807, 2.05) is 25.1 Å². The minimum absolute atomic E-state index is 0.130. The Balaban J connectivity index is 1.89. The summed E-state index contributed by atoms with van der Waals surface area (Å²) in [6, 6.07) is 14.4. The zero-order valence-electron chi connectivity index (χ0n) is 24.6. The fraction of sp³-hybridized carbons (Fsp3) is 0.636. The van der Waals surface area contributed by atoms with E-state index in [9.17, 15) is 0 Å². The summed E-state index contributed by atoms with van der Waals surface area (Å²) in [6.45, 7) is 13.3. The fourth-order valence-corrected chi connectivity index (χ4v) is 5.16. The van der Waals surface area contributed by atoms with Crippen LogP contribution in [0.25, 0.3) is 0 Å². The summed E-state index contributed by atoms with van der Waals surface area (Å²) >= 11 is 6.70. The molecule has 0 saturated carbocycles. The molecule has 5 nitrogen and oxygen atoms in total. The Bertz CT molecular complexity index is 950. The lowest BCUT2D eigenvalue weighted by atomic mass is 9.89. The lowest BCUT2D eigenvalue weighted by Crippen LogP contribution is -2.56. The van der Waals surface area contributed by atoms with Gasteiger partial charge in [0.25, 0.3) is 0 Å². The molecule has 6 heteroatoms. The first-order valence-corrected chi connectivity index (χ1v) is 15.4. The molecular formula is C33H49ClO5. The van der Waals surface area contributed by atoms with Crippen LogP contribution in [0.2, 0.25) is 5.02 Å². The van der Waals surface area contributed by atoms with Crippen molar-refractivity contribution in [3.05, 3.63) is 64.2 Å². The summed E-state index contributed by atoms with van der Waals surface area (Å²) in [6.07, 6.45) is 5.93. The highest BCUT2D eigenvalue weighted by Crippen LogP contribution is 2.38. The molecule has 2 aromatic rings. The molecular weight excluding hydrogens is 512 g/mol. The van der Waals surface area contributed by atoms with E-state index in [-0.39, 0.29) is 30.5 Å². The van der Waals surface area contributed by atoms with Crippen LogP contribution in [-0.2, 0) is 25.4 Å². The number of benzene rings is 2. The van der Waals surface area contributed by atoms with Crippen LogP contribution in [0.1, 0.15) is 95.9 Å². The van der Waals surface area contributed by atoms with Crippen molar-refractivity contribution in [1.82, 2.24) is 0 Å². The topological polar surface area (TPSA) is 46.2 Å². The molecule has 218 valence electrons. The summed E-state index contributed by atoms with van der Waals surface area (Å²) < 4.78 is 31.8. The maximum Gasteiger partial charge on any atom is 0.119 e. The summed E-state index contributed by atoms with van der Waals surface area (Å²) in [4.78, 5) is 0. The van der Waals surface area contributed by atoms with Gasteiger partial charge in [0.1, 0.15) is 30.2 Å². The third kappa shape index (κ3) is 9.47. The molecule has 0 bridgehead atoms. The monoisotopic (exact) mass is 560 g/mol. The van der Waals surface area contributed by atoms with Crippen molar-refractivity contribution in [2.75, 3.05) is 26.4 Å². The number of halogens is 1. The molecule has 0 spiro atoms. The second-order valence-corrected chi connectivity index (χ2v) is 10.8. The number of hydrogen-bond acceptors (Lipinski definition) is 5. The van der Waals surface area contributed by atoms with Crippen LogP contribution < -0.4 is 4.74 Å². The van der Waals surface area contributed by atoms with Crippen LogP contribution in [0.5, 0.6) is 5.75 Å². The van der Waals surface area contributed by atoms with E-state index in [1.165, 1.54) is 5.56 Å². The lowest BCUT2D eigenvalue weighted by molar-refractivity contribution is -0.257. The summed E-state index contributed by atoms with van der Waals surface area (Å²) in [5, 5.41) is 0.747. The van der Waals surface area contributed by atoms with Gasteiger partial charge in [-0.05, 0) is 74.4 Å². The number of ether oxygens (including phenoxy) is 5. The van der Waals surface area contributed by atoms with Gasteiger partial charge in [-0.25, -0.2) is 0 Å². The second-order valence-electron chi connectivity index (χ2n) is 10.4. The van der Waals surface area contributed by atoms with Crippen LogP contribution >= 0.6 is 11.6 Å². The molecule has 1 heterocycles. The van der Waals surface area contributed by atoms with Crippen LogP contribution in [0.4, 0.5) is 0 Å². The quantitative estimate of drug-likeness (QED) is 0.182. The van der Waals surface area contributed by atoms with Crippen molar-refractivity contribution >= 4 is 11.6 Å². The van der Waals surface area contributed by atoms with Crippen molar-refractivity contribution in [3.8, 4) is 5.75 Å². The van der Waals surface area contributed by atoms with E-state index in [1.54, 1.807) is 0 Å². The molecule has 5 atom stereocenters. The average Bonchev–Trinajstić information content (AvgIpc) is 2.93. The first-order chi connectivity index (χ1) is 19.0. The lowest BCUT2D eigenvalue weighted by Gasteiger charge is -2.45. The third-order valence-electron chi connectivity index (χ3n) is 7.22. The standard InChI is InChI=1S/C33H49ClO5/c1-6-10-19-36-30-24(5)39-31(33(38-21-12-8-3)32(30)37-20-11-7-2)26-15-18-29(34)27(23-26)22-25-13-16-28(17-14-25)35-9-4/h13-18,23-24,30-33H,6-12,19-22H2,1-5H3/t24-,30-,31+,32+,33+/m1/s1. The summed E-state index contributed by atoms with van der Waals surface area (Å²) in [5.74, 6) is 0.877. The Hall–Kier alpha value is -1.63. The van der Waals surface area contributed by atoms with Gasteiger partial charge < -0.3 is 23.7 Å². The molecule has 39 heavy (non-hydrogen) atoms. The number of rotatable bonds is 17. The molecule has 1 aliphatic heterocycles. The highest BCUT2D eigenvalue weighted by Gasteiger charge is 2.47. The highest BCUT2D eigenvalue weighted by molar-refractivity contribution is 6.31. The molecule has 2 aromatic carbocycles. The van der Waals surface area contributed by atoms with E-state index < -0.39 is 0 Å². The van der Waals surface area contributed by atoms with E-state index in [4.69, 9.17) is 35.3 Å². The van der Waals surface area contributed by atoms with Crippen molar-refractivity contribution in [2.24, 2.45) is 0 Å². The average molecular weight is 561 g/mol. The fourth-order valence-electron chi connectivity index (χ4n) is 4.97. The van der Waals surface area contributed by atoms with Crippen molar-refractivity contribution in [3.63, 3.8) is 0 Å². The van der Waals surface area contributed by atoms with Crippen molar-refractivity contribution in [1.29, 1.82) is 0 Å². The van der Waals surface area contributed by atoms with Gasteiger partial charge in [0.05, 0.1) is 12.7 Å². The van der Waals surface area contributed by atoms with Crippen LogP contribution in [0.3, 0.4) is 0 Å². The Morgan fingerprint density at radius 1 is 0.744 bits per heavy atom. The third-order valence-corrected chi connectivity index (χ3v) is 7.59. The molecule has 1 aliphatic rings. The maximum absolute atomic E-state index is 6.70. The molecule has 0 N–H and O–H groups in total. The molecule has 0 amide bonds. The van der Waals surface area contributed by atoms with Gasteiger partial charge in [-0.3, -0.25) is 0 Å². The first-order valence-electron chi connectivity index (χ1n) is 15.0. The van der Waals surface area contributed by atoms with Crippen LogP contribution in [-0.4, -0.2) is 50.8 Å². The molecule has 0 unspecified atom stereocenters. The van der Waals surface area contributed by atoms with Gasteiger partial charge in [-0.1, -0.05) is 75.9 Å². The molecule has 0 radical (unpaired) electrons. The van der Waals surface area contributed by atoms with Gasteiger partial charge in [-0.2, -0.15) is 0 Å². The van der Waals surface area contributed by atoms with Crippen LogP contribution in [0.15, 0.2) is 42.5 Å². The highest BCUT2D eigenvalue weighted by atomic mass is 35.5. The predicted molar refractivity (Wildman–Crippen MR) is 159 cm³/mol.